The van der Waals surface area contributed by atoms with E-state index in [2.05, 4.69) is 10.6 Å². The Kier molecular flexibility index (Phi) is 5.25. The number of aliphatic hydroxyl groups is 1. The van der Waals surface area contributed by atoms with Crippen LogP contribution in [0.5, 0.6) is 17.2 Å². The number of urea groups is 1. The fraction of sp³-hybridized carbons (Fsp3) is 0.278. The molecule has 1 atom stereocenters. The quantitative estimate of drug-likeness (QED) is 0.750. The van der Waals surface area contributed by atoms with E-state index in [1.165, 1.54) is 0 Å². The van der Waals surface area contributed by atoms with Crippen LogP contribution in [0, 0.1) is 0 Å². The van der Waals surface area contributed by atoms with Crippen LogP contribution in [-0.4, -0.2) is 31.6 Å². The lowest BCUT2D eigenvalue weighted by molar-refractivity contribution is 0.165. The third kappa shape index (κ3) is 4.13. The van der Waals surface area contributed by atoms with Crippen molar-refractivity contribution in [3.8, 4) is 17.2 Å². The van der Waals surface area contributed by atoms with E-state index in [-0.39, 0.29) is 12.8 Å². The monoisotopic (exact) mass is 344 g/mol. The molecule has 0 saturated heterocycles. The number of nitrogens with one attached hydrogen (secondary N) is 2. The molecule has 1 aliphatic heterocycles. The van der Waals surface area contributed by atoms with Gasteiger partial charge in [0.15, 0.2) is 11.5 Å². The number of hydrogen-bond donors (Lipinski definition) is 3. The van der Waals surface area contributed by atoms with Crippen LogP contribution < -0.4 is 24.8 Å². The van der Waals surface area contributed by atoms with Crippen LogP contribution in [0.2, 0.25) is 0 Å². The van der Waals surface area contributed by atoms with Crippen molar-refractivity contribution in [2.24, 2.45) is 0 Å². The van der Waals surface area contributed by atoms with Crippen molar-refractivity contribution in [2.45, 2.75) is 12.5 Å². The average molecular weight is 344 g/mol. The topological polar surface area (TPSA) is 89.1 Å². The highest BCUT2D eigenvalue weighted by molar-refractivity contribution is 5.90. The van der Waals surface area contributed by atoms with Crippen molar-refractivity contribution in [3.63, 3.8) is 0 Å². The minimum absolute atomic E-state index is 0.194. The van der Waals surface area contributed by atoms with Gasteiger partial charge in [0, 0.05) is 6.54 Å². The van der Waals surface area contributed by atoms with Crippen LogP contribution in [0.25, 0.3) is 0 Å². The molecule has 0 saturated carbocycles. The van der Waals surface area contributed by atoms with Gasteiger partial charge in [-0.2, -0.15) is 0 Å². The van der Waals surface area contributed by atoms with Crippen molar-refractivity contribution in [3.05, 3.63) is 48.0 Å². The number of methoxy groups -OCH3 is 1. The highest BCUT2D eigenvalue weighted by atomic mass is 16.7. The average Bonchev–Trinajstić information content (AvgIpc) is 3.09. The van der Waals surface area contributed by atoms with Gasteiger partial charge >= 0.3 is 6.03 Å². The summed E-state index contributed by atoms with van der Waals surface area (Å²) < 4.78 is 15.7. The number of aliphatic hydroxyl groups excluding tert-OH is 1. The Morgan fingerprint density at radius 2 is 2.04 bits per heavy atom. The summed E-state index contributed by atoms with van der Waals surface area (Å²) in [4.78, 5) is 12.0. The van der Waals surface area contributed by atoms with Gasteiger partial charge in [0.1, 0.15) is 5.75 Å². The lowest BCUT2D eigenvalue weighted by Gasteiger charge is -2.13. The molecule has 7 nitrogen and oxygen atoms in total. The Morgan fingerprint density at radius 3 is 2.88 bits per heavy atom. The zero-order valence-corrected chi connectivity index (χ0v) is 13.8. The van der Waals surface area contributed by atoms with Gasteiger partial charge in [-0.1, -0.05) is 18.2 Å². The summed E-state index contributed by atoms with van der Waals surface area (Å²) in [6.45, 7) is 0.510. The maximum atomic E-state index is 12.0. The van der Waals surface area contributed by atoms with Crippen LogP contribution in [-0.2, 0) is 0 Å². The highest BCUT2D eigenvalue weighted by Crippen LogP contribution is 2.34. The Morgan fingerprint density at radius 1 is 1.24 bits per heavy atom. The molecule has 0 bridgehead atoms. The van der Waals surface area contributed by atoms with Gasteiger partial charge in [-0.15, -0.1) is 0 Å². The number of para-hydroxylation sites is 2. The predicted molar refractivity (Wildman–Crippen MR) is 92.2 cm³/mol. The molecule has 1 heterocycles. The minimum Gasteiger partial charge on any atom is -0.495 e. The summed E-state index contributed by atoms with van der Waals surface area (Å²) in [6, 6.07) is 12.1. The molecule has 3 rings (SSSR count). The van der Waals surface area contributed by atoms with Gasteiger partial charge in [-0.3, -0.25) is 0 Å². The van der Waals surface area contributed by atoms with E-state index < -0.39 is 6.10 Å². The standard InChI is InChI=1S/C18H20N2O5/c1-23-15-5-3-2-4-13(15)20-18(22)19-9-8-14(21)12-6-7-16-17(10-12)25-11-24-16/h2-7,10,14,21H,8-9,11H2,1H3,(H2,19,20,22)/t14-/m0/s1. The summed E-state index contributed by atoms with van der Waals surface area (Å²) in [5.41, 5.74) is 1.30. The summed E-state index contributed by atoms with van der Waals surface area (Å²) in [7, 11) is 1.54. The maximum Gasteiger partial charge on any atom is 0.319 e. The smallest absolute Gasteiger partial charge is 0.319 e. The van der Waals surface area contributed by atoms with Crippen molar-refractivity contribution in [1.29, 1.82) is 0 Å². The van der Waals surface area contributed by atoms with Crippen LogP contribution in [0.1, 0.15) is 18.1 Å². The van der Waals surface area contributed by atoms with E-state index in [4.69, 9.17) is 14.2 Å². The van der Waals surface area contributed by atoms with E-state index in [1.54, 1.807) is 37.4 Å². The molecule has 0 fully saturated rings. The molecule has 7 heteroatoms. The first kappa shape index (κ1) is 16.9. The number of anilines is 1. The molecule has 2 amide bonds. The molecule has 0 aliphatic carbocycles. The van der Waals surface area contributed by atoms with E-state index >= 15 is 0 Å². The van der Waals surface area contributed by atoms with E-state index in [9.17, 15) is 9.90 Å². The third-order valence-electron chi connectivity index (χ3n) is 3.84. The molecule has 0 spiro atoms. The third-order valence-corrected chi connectivity index (χ3v) is 3.84. The molecule has 2 aromatic carbocycles. The summed E-state index contributed by atoms with van der Waals surface area (Å²) >= 11 is 0. The number of benzene rings is 2. The van der Waals surface area contributed by atoms with Gasteiger partial charge in [0.05, 0.1) is 18.9 Å². The summed E-state index contributed by atoms with van der Waals surface area (Å²) in [6.07, 6.45) is -0.333. The predicted octanol–water partition coefficient (Wildman–Crippen LogP) is 2.67. The second-order valence-electron chi connectivity index (χ2n) is 5.50. The zero-order chi connectivity index (χ0) is 17.6. The molecular formula is C18H20N2O5. The van der Waals surface area contributed by atoms with Gasteiger partial charge in [0.2, 0.25) is 6.79 Å². The van der Waals surface area contributed by atoms with E-state index in [0.717, 1.165) is 5.56 Å². The number of fused-ring (bicyclic) bond motifs is 1. The SMILES string of the molecule is COc1ccccc1NC(=O)NCC[C@H](O)c1ccc2c(c1)OCO2. The number of rotatable bonds is 6. The van der Waals surface area contributed by atoms with E-state index in [0.29, 0.717) is 35.9 Å². The second kappa shape index (κ2) is 7.76. The van der Waals surface area contributed by atoms with Crippen molar-refractivity contribution in [1.82, 2.24) is 5.32 Å². The van der Waals surface area contributed by atoms with Crippen LogP contribution in [0.3, 0.4) is 0 Å². The minimum atomic E-state index is -0.707. The normalized spacial score (nSPS) is 13.2. The number of hydrogen-bond acceptors (Lipinski definition) is 5. The number of ether oxygens (including phenoxy) is 3. The molecule has 1 aliphatic rings. The lowest BCUT2D eigenvalue weighted by Crippen LogP contribution is -2.30. The van der Waals surface area contributed by atoms with Crippen molar-refractivity contribution < 1.29 is 24.1 Å². The molecule has 3 N–H and O–H groups in total. The summed E-state index contributed by atoms with van der Waals surface area (Å²) in [5, 5.41) is 15.7. The maximum absolute atomic E-state index is 12.0. The first-order valence-corrected chi connectivity index (χ1v) is 7.93. The zero-order valence-electron chi connectivity index (χ0n) is 13.8. The molecular weight excluding hydrogens is 324 g/mol. The fourth-order valence-electron chi connectivity index (χ4n) is 2.52. The van der Waals surface area contributed by atoms with Crippen LogP contribution in [0.4, 0.5) is 10.5 Å². The second-order valence-corrected chi connectivity index (χ2v) is 5.50. The first-order valence-electron chi connectivity index (χ1n) is 7.93. The number of carbonyl (C=O) groups is 1. The molecule has 2 aromatic rings. The molecule has 25 heavy (non-hydrogen) atoms. The molecule has 0 aromatic heterocycles. The van der Waals surface area contributed by atoms with Crippen molar-refractivity contribution >= 4 is 11.7 Å². The van der Waals surface area contributed by atoms with Gasteiger partial charge in [-0.25, -0.2) is 4.79 Å². The molecule has 0 radical (unpaired) electrons. The van der Waals surface area contributed by atoms with Gasteiger partial charge < -0.3 is 30.0 Å². The number of amides is 2. The highest BCUT2D eigenvalue weighted by Gasteiger charge is 2.16. The fourth-order valence-corrected chi connectivity index (χ4v) is 2.52. The summed E-state index contributed by atoms with van der Waals surface area (Å²) in [5.74, 6) is 1.88. The Labute approximate surface area is 145 Å². The van der Waals surface area contributed by atoms with Gasteiger partial charge in [0.25, 0.3) is 0 Å². The Balaban J connectivity index is 1.48. The largest absolute Gasteiger partial charge is 0.495 e. The Bertz CT molecular complexity index is 750. The number of carbonyl (C=O) groups excluding carboxylic acids is 1. The molecule has 0 unspecified atom stereocenters. The van der Waals surface area contributed by atoms with E-state index in [1.807, 2.05) is 12.1 Å². The van der Waals surface area contributed by atoms with Crippen molar-refractivity contribution in [2.75, 3.05) is 25.8 Å². The molecule has 132 valence electrons. The van der Waals surface area contributed by atoms with Crippen LogP contribution in [0.15, 0.2) is 42.5 Å². The van der Waals surface area contributed by atoms with Gasteiger partial charge in [-0.05, 0) is 36.2 Å². The Hall–Kier alpha value is -2.93. The lowest BCUT2D eigenvalue weighted by atomic mass is 10.1. The first-order chi connectivity index (χ1) is 12.2. The van der Waals surface area contributed by atoms with Crippen LogP contribution >= 0.6 is 0 Å².